The number of benzene rings is 1. The fourth-order valence-electron chi connectivity index (χ4n) is 2.76. The van der Waals surface area contributed by atoms with E-state index in [1.54, 1.807) is 14.2 Å². The van der Waals surface area contributed by atoms with E-state index in [2.05, 4.69) is 5.32 Å². The molecule has 1 aliphatic heterocycles. The molecule has 4 nitrogen and oxygen atoms in total. The van der Waals surface area contributed by atoms with Crippen LogP contribution in [0.2, 0.25) is 0 Å². The molecule has 19 heavy (non-hydrogen) atoms. The van der Waals surface area contributed by atoms with Crippen LogP contribution in [-0.4, -0.2) is 32.4 Å². The highest BCUT2D eigenvalue weighted by Gasteiger charge is 2.37. The van der Waals surface area contributed by atoms with Gasteiger partial charge in [-0.25, -0.2) is 0 Å². The van der Waals surface area contributed by atoms with Crippen molar-refractivity contribution in [3.8, 4) is 11.5 Å². The molecule has 2 N–H and O–H groups in total. The predicted molar refractivity (Wildman–Crippen MR) is 74.7 cm³/mol. The summed E-state index contributed by atoms with van der Waals surface area (Å²) in [5, 5.41) is 14.3. The van der Waals surface area contributed by atoms with Gasteiger partial charge in [-0.15, -0.1) is 0 Å². The van der Waals surface area contributed by atoms with Gasteiger partial charge < -0.3 is 19.9 Å². The van der Waals surface area contributed by atoms with E-state index in [4.69, 9.17) is 9.47 Å². The molecular formula is C15H23NO3. The summed E-state index contributed by atoms with van der Waals surface area (Å²) in [5.74, 6) is 1.62. The van der Waals surface area contributed by atoms with Crippen molar-refractivity contribution in [2.75, 3.05) is 27.3 Å². The Labute approximate surface area is 114 Å². The van der Waals surface area contributed by atoms with Gasteiger partial charge in [-0.1, -0.05) is 0 Å². The largest absolute Gasteiger partial charge is 0.497 e. The second-order valence-electron chi connectivity index (χ2n) is 5.26. The maximum atomic E-state index is 11.0. The molecule has 0 aliphatic carbocycles. The smallest absolute Gasteiger partial charge is 0.125 e. The third-order valence-electron chi connectivity index (χ3n) is 4.04. The van der Waals surface area contributed by atoms with Gasteiger partial charge >= 0.3 is 0 Å². The predicted octanol–water partition coefficient (Wildman–Crippen LogP) is 1.91. The summed E-state index contributed by atoms with van der Waals surface area (Å²) in [7, 11) is 3.25. The molecule has 1 aromatic carbocycles. The van der Waals surface area contributed by atoms with Crippen LogP contribution in [0.4, 0.5) is 0 Å². The van der Waals surface area contributed by atoms with Gasteiger partial charge in [0.1, 0.15) is 11.5 Å². The number of hydrogen-bond donors (Lipinski definition) is 2. The summed E-state index contributed by atoms with van der Waals surface area (Å²) in [6.45, 7) is 3.72. The Hall–Kier alpha value is -1.26. The van der Waals surface area contributed by atoms with E-state index in [1.807, 2.05) is 25.1 Å². The van der Waals surface area contributed by atoms with Crippen LogP contribution in [0.3, 0.4) is 0 Å². The highest BCUT2D eigenvalue weighted by Crippen LogP contribution is 2.39. The van der Waals surface area contributed by atoms with Crippen molar-refractivity contribution in [2.24, 2.45) is 5.92 Å². The van der Waals surface area contributed by atoms with E-state index in [9.17, 15) is 5.11 Å². The minimum absolute atomic E-state index is 0.183. The number of ether oxygens (including phenoxy) is 2. The molecular weight excluding hydrogens is 242 g/mol. The number of methoxy groups -OCH3 is 2. The minimum atomic E-state index is -0.923. The van der Waals surface area contributed by atoms with Crippen LogP contribution >= 0.6 is 0 Å². The minimum Gasteiger partial charge on any atom is -0.497 e. The topological polar surface area (TPSA) is 50.7 Å². The summed E-state index contributed by atoms with van der Waals surface area (Å²) in [5.41, 5.74) is -0.129. The first kappa shape index (κ1) is 14.2. The molecule has 106 valence electrons. The molecule has 0 amide bonds. The maximum absolute atomic E-state index is 11.0. The molecule has 1 saturated heterocycles. The van der Waals surface area contributed by atoms with E-state index in [-0.39, 0.29) is 5.92 Å². The lowest BCUT2D eigenvalue weighted by Gasteiger charge is -2.37. The molecule has 0 bridgehead atoms. The Morgan fingerprint density at radius 2 is 2.11 bits per heavy atom. The van der Waals surface area contributed by atoms with E-state index < -0.39 is 5.60 Å². The van der Waals surface area contributed by atoms with Crippen LogP contribution in [0.5, 0.6) is 11.5 Å². The summed E-state index contributed by atoms with van der Waals surface area (Å²) in [6, 6.07) is 5.56. The van der Waals surface area contributed by atoms with Gasteiger partial charge in [0.15, 0.2) is 0 Å². The standard InChI is InChI=1S/C15H23NO3/c1-15(17,11-5-4-8-16-10-11)13-9-12(18-2)6-7-14(13)19-3/h6-7,9,11,16-17H,4-5,8,10H2,1-3H3. The lowest BCUT2D eigenvalue weighted by molar-refractivity contribution is -0.0175. The lowest BCUT2D eigenvalue weighted by Crippen LogP contribution is -2.42. The summed E-state index contributed by atoms with van der Waals surface area (Å²) >= 11 is 0. The molecule has 1 fully saturated rings. The van der Waals surface area contributed by atoms with Gasteiger partial charge in [-0.05, 0) is 44.5 Å². The fraction of sp³-hybridized carbons (Fsp3) is 0.600. The van der Waals surface area contributed by atoms with Crippen LogP contribution in [-0.2, 0) is 5.60 Å². The van der Waals surface area contributed by atoms with Crippen molar-refractivity contribution in [1.29, 1.82) is 0 Å². The number of nitrogens with one attached hydrogen (secondary N) is 1. The maximum Gasteiger partial charge on any atom is 0.125 e. The summed E-state index contributed by atoms with van der Waals surface area (Å²) in [6.07, 6.45) is 2.10. The van der Waals surface area contributed by atoms with Gasteiger partial charge in [0.2, 0.25) is 0 Å². The zero-order valence-corrected chi connectivity index (χ0v) is 11.9. The Bertz CT molecular complexity index is 425. The summed E-state index contributed by atoms with van der Waals surface area (Å²) in [4.78, 5) is 0. The van der Waals surface area contributed by atoms with Crippen molar-refractivity contribution < 1.29 is 14.6 Å². The monoisotopic (exact) mass is 265 g/mol. The van der Waals surface area contributed by atoms with E-state index >= 15 is 0 Å². The zero-order chi connectivity index (χ0) is 13.9. The molecule has 0 saturated carbocycles. The molecule has 4 heteroatoms. The molecule has 2 unspecified atom stereocenters. The van der Waals surface area contributed by atoms with Crippen molar-refractivity contribution in [3.63, 3.8) is 0 Å². The Morgan fingerprint density at radius 3 is 2.68 bits per heavy atom. The molecule has 0 aromatic heterocycles. The first-order chi connectivity index (χ1) is 9.09. The molecule has 1 heterocycles. The first-order valence-electron chi connectivity index (χ1n) is 6.75. The van der Waals surface area contributed by atoms with Crippen molar-refractivity contribution in [2.45, 2.75) is 25.4 Å². The average molecular weight is 265 g/mol. The van der Waals surface area contributed by atoms with Gasteiger partial charge in [0.05, 0.1) is 19.8 Å². The highest BCUT2D eigenvalue weighted by molar-refractivity contribution is 5.44. The van der Waals surface area contributed by atoms with E-state index in [1.165, 1.54) is 0 Å². The van der Waals surface area contributed by atoms with Crippen LogP contribution in [0.15, 0.2) is 18.2 Å². The number of piperidine rings is 1. The number of aliphatic hydroxyl groups is 1. The van der Waals surface area contributed by atoms with E-state index in [0.29, 0.717) is 5.75 Å². The zero-order valence-electron chi connectivity index (χ0n) is 11.9. The quantitative estimate of drug-likeness (QED) is 0.873. The van der Waals surface area contributed by atoms with Crippen LogP contribution < -0.4 is 14.8 Å². The second kappa shape index (κ2) is 5.80. The normalized spacial score (nSPS) is 22.6. The fourth-order valence-corrected chi connectivity index (χ4v) is 2.76. The van der Waals surface area contributed by atoms with Crippen LogP contribution in [0, 0.1) is 5.92 Å². The highest BCUT2D eigenvalue weighted by atomic mass is 16.5. The number of rotatable bonds is 4. The van der Waals surface area contributed by atoms with Crippen molar-refractivity contribution in [1.82, 2.24) is 5.32 Å². The Balaban J connectivity index is 2.36. The van der Waals surface area contributed by atoms with Crippen molar-refractivity contribution in [3.05, 3.63) is 23.8 Å². The Kier molecular flexibility index (Phi) is 4.32. The third-order valence-corrected chi connectivity index (χ3v) is 4.04. The second-order valence-corrected chi connectivity index (χ2v) is 5.26. The molecule has 1 aromatic rings. The molecule has 0 radical (unpaired) electrons. The molecule has 2 atom stereocenters. The average Bonchev–Trinajstić information content (AvgIpc) is 2.47. The van der Waals surface area contributed by atoms with Gasteiger partial charge in [-0.2, -0.15) is 0 Å². The molecule has 2 rings (SSSR count). The van der Waals surface area contributed by atoms with Crippen LogP contribution in [0.1, 0.15) is 25.3 Å². The third kappa shape index (κ3) is 2.85. The Morgan fingerprint density at radius 1 is 1.32 bits per heavy atom. The van der Waals surface area contributed by atoms with Gasteiger partial charge in [-0.3, -0.25) is 0 Å². The van der Waals surface area contributed by atoms with Crippen LogP contribution in [0.25, 0.3) is 0 Å². The SMILES string of the molecule is COc1ccc(OC)c(C(C)(O)C2CCCNC2)c1. The summed E-state index contributed by atoms with van der Waals surface area (Å²) < 4.78 is 10.6. The first-order valence-corrected chi connectivity index (χ1v) is 6.75. The molecule has 0 spiro atoms. The van der Waals surface area contributed by atoms with Gasteiger partial charge in [0, 0.05) is 18.0 Å². The molecule has 1 aliphatic rings. The van der Waals surface area contributed by atoms with Gasteiger partial charge in [0.25, 0.3) is 0 Å². The van der Waals surface area contributed by atoms with Crippen molar-refractivity contribution >= 4 is 0 Å². The lowest BCUT2D eigenvalue weighted by atomic mass is 9.78. The number of hydrogen-bond acceptors (Lipinski definition) is 4. The van der Waals surface area contributed by atoms with E-state index in [0.717, 1.165) is 37.2 Å².